The number of aromatic nitrogens is 4. The molecule has 2 atom stereocenters. The number of ether oxygens (including phenoxy) is 1. The van der Waals surface area contributed by atoms with Crippen LogP contribution in [0.5, 0.6) is 6.01 Å². The van der Waals surface area contributed by atoms with Gasteiger partial charge in [0.1, 0.15) is 5.52 Å². The molecule has 0 aliphatic carbocycles. The molecule has 1 aliphatic rings. The van der Waals surface area contributed by atoms with Crippen molar-refractivity contribution in [1.29, 1.82) is 0 Å². The summed E-state index contributed by atoms with van der Waals surface area (Å²) in [4.78, 5) is 24.5. The number of piperazine rings is 1. The Morgan fingerprint density at radius 3 is 2.66 bits per heavy atom. The van der Waals surface area contributed by atoms with E-state index in [0.29, 0.717) is 34.2 Å². The largest absolute Gasteiger partial charge is 0.467 e. The first-order chi connectivity index (χ1) is 16.7. The summed E-state index contributed by atoms with van der Waals surface area (Å²) in [7, 11) is 3.22. The van der Waals surface area contributed by atoms with Crippen LogP contribution in [0.15, 0.2) is 30.6 Å². The van der Waals surface area contributed by atoms with Crippen LogP contribution in [0.3, 0.4) is 0 Å². The fourth-order valence-electron chi connectivity index (χ4n) is 4.88. The topological polar surface area (TPSA) is 97.2 Å². The third kappa shape index (κ3) is 4.14. The van der Waals surface area contributed by atoms with E-state index in [1.165, 1.54) is 13.2 Å². The summed E-state index contributed by atoms with van der Waals surface area (Å²) in [5, 5.41) is 12.0. The smallest absolute Gasteiger partial charge is 0.316 e. The molecule has 1 saturated heterocycles. The van der Waals surface area contributed by atoms with Crippen molar-refractivity contribution in [2.75, 3.05) is 30.4 Å². The van der Waals surface area contributed by atoms with Crippen molar-refractivity contribution >= 4 is 39.1 Å². The molecule has 0 saturated carbocycles. The lowest BCUT2D eigenvalue weighted by Crippen LogP contribution is -2.54. The minimum Gasteiger partial charge on any atom is -0.467 e. The molecule has 4 aromatic rings. The van der Waals surface area contributed by atoms with Crippen LogP contribution in [0.2, 0.25) is 0 Å². The average Bonchev–Trinajstić information content (AvgIpc) is 3.23. The maximum atomic E-state index is 14.7. The molecule has 1 fully saturated rings. The van der Waals surface area contributed by atoms with E-state index in [-0.39, 0.29) is 11.5 Å². The van der Waals surface area contributed by atoms with Crippen molar-refractivity contribution < 1.29 is 13.9 Å². The molecule has 182 valence electrons. The number of halogens is 1. The Morgan fingerprint density at radius 2 is 1.94 bits per heavy atom. The summed E-state index contributed by atoms with van der Waals surface area (Å²) in [6.07, 6.45) is 3.43. The number of aryl methyl sites for hydroxylation is 2. The molecular formula is C25H28FN7O2. The van der Waals surface area contributed by atoms with Gasteiger partial charge in [0.15, 0.2) is 5.82 Å². The van der Waals surface area contributed by atoms with Crippen molar-refractivity contribution in [3.05, 3.63) is 47.5 Å². The maximum absolute atomic E-state index is 14.7. The number of hydrogen-bond acceptors (Lipinski definition) is 7. The lowest BCUT2D eigenvalue weighted by Gasteiger charge is -2.38. The van der Waals surface area contributed by atoms with E-state index < -0.39 is 11.7 Å². The number of nitrogens with one attached hydrogen (secondary N) is 2. The lowest BCUT2D eigenvalue weighted by molar-refractivity contribution is 0.102. The predicted octanol–water partition coefficient (Wildman–Crippen LogP) is 3.41. The van der Waals surface area contributed by atoms with Gasteiger partial charge in [-0.25, -0.2) is 9.37 Å². The molecule has 3 heterocycles. The van der Waals surface area contributed by atoms with Gasteiger partial charge in [-0.2, -0.15) is 10.1 Å². The minimum absolute atomic E-state index is 0.171. The number of nitrogens with zero attached hydrogens (tertiary/aromatic N) is 5. The van der Waals surface area contributed by atoms with Gasteiger partial charge in [-0.3, -0.25) is 9.48 Å². The van der Waals surface area contributed by atoms with Crippen LogP contribution in [0.25, 0.3) is 21.8 Å². The number of fused-ring (bicyclic) bond motifs is 2. The standard InChI is InChI=1S/C25H28FN7O2/c1-13-10-33(11-14(2)28-13)21-7-6-16(22-17(21)9-27-25(30-22)35-5)24(34)29-20-8-19(26)23-18(15(20)3)12-32(4)31-23/h6-9,12-14,28H,10-11H2,1-5H3,(H,29,34)/t13-,14-/m0/s1. The van der Waals surface area contributed by atoms with E-state index in [0.717, 1.165) is 29.7 Å². The second-order valence-corrected chi connectivity index (χ2v) is 9.18. The van der Waals surface area contributed by atoms with Gasteiger partial charge in [-0.1, -0.05) is 0 Å². The highest BCUT2D eigenvalue weighted by Gasteiger charge is 2.25. The first-order valence-corrected chi connectivity index (χ1v) is 11.5. The summed E-state index contributed by atoms with van der Waals surface area (Å²) < 4.78 is 21.5. The van der Waals surface area contributed by atoms with Crippen LogP contribution in [0.4, 0.5) is 15.8 Å². The predicted molar refractivity (Wildman–Crippen MR) is 134 cm³/mol. The van der Waals surface area contributed by atoms with Crippen LogP contribution in [0.1, 0.15) is 29.8 Å². The summed E-state index contributed by atoms with van der Waals surface area (Å²) >= 11 is 0. The van der Waals surface area contributed by atoms with E-state index in [1.807, 2.05) is 13.0 Å². The molecule has 0 unspecified atom stereocenters. The van der Waals surface area contributed by atoms with Gasteiger partial charge in [0, 0.05) is 72.8 Å². The van der Waals surface area contributed by atoms with Crippen LogP contribution >= 0.6 is 0 Å². The molecule has 5 rings (SSSR count). The lowest BCUT2D eigenvalue weighted by atomic mass is 10.0. The molecule has 9 nitrogen and oxygen atoms in total. The van der Waals surface area contributed by atoms with E-state index in [1.54, 1.807) is 30.2 Å². The molecule has 1 aliphatic heterocycles. The number of anilines is 2. The van der Waals surface area contributed by atoms with E-state index in [2.05, 4.69) is 44.4 Å². The number of carbonyl (C=O) groups excluding carboxylic acids is 1. The zero-order valence-electron chi connectivity index (χ0n) is 20.4. The molecular weight excluding hydrogens is 449 g/mol. The Balaban J connectivity index is 1.57. The molecule has 1 amide bonds. The summed E-state index contributed by atoms with van der Waals surface area (Å²) in [5.74, 6) is -0.886. The molecule has 2 aromatic carbocycles. The second kappa shape index (κ2) is 8.77. The summed E-state index contributed by atoms with van der Waals surface area (Å²) in [6, 6.07) is 5.79. The number of amides is 1. The van der Waals surface area contributed by atoms with Crippen molar-refractivity contribution in [3.8, 4) is 6.01 Å². The SMILES string of the molecule is COc1ncc2c(N3C[C@H](C)N[C@@H](C)C3)ccc(C(=O)Nc3cc(F)c4nn(C)cc4c3C)c2n1. The Labute approximate surface area is 202 Å². The molecule has 2 aromatic heterocycles. The quantitative estimate of drug-likeness (QED) is 0.465. The summed E-state index contributed by atoms with van der Waals surface area (Å²) in [5.41, 5.74) is 3.18. The normalized spacial score (nSPS) is 18.3. The van der Waals surface area contributed by atoms with Gasteiger partial charge in [0.2, 0.25) is 0 Å². The minimum atomic E-state index is -0.493. The number of hydrogen-bond donors (Lipinski definition) is 2. The Kier molecular flexibility index (Phi) is 5.76. The fraction of sp³-hybridized carbons (Fsp3) is 0.360. The average molecular weight is 478 g/mol. The molecule has 2 N–H and O–H groups in total. The zero-order chi connectivity index (χ0) is 24.9. The molecule has 10 heteroatoms. The van der Waals surface area contributed by atoms with Gasteiger partial charge < -0.3 is 20.3 Å². The molecule has 0 radical (unpaired) electrons. The Morgan fingerprint density at radius 1 is 1.20 bits per heavy atom. The van der Waals surface area contributed by atoms with Gasteiger partial charge in [0.05, 0.1) is 18.2 Å². The Hall–Kier alpha value is -3.79. The first kappa shape index (κ1) is 23.0. The van der Waals surface area contributed by atoms with Crippen molar-refractivity contribution in [1.82, 2.24) is 25.1 Å². The second-order valence-electron chi connectivity index (χ2n) is 9.18. The van der Waals surface area contributed by atoms with E-state index in [4.69, 9.17) is 4.74 Å². The first-order valence-electron chi connectivity index (χ1n) is 11.5. The monoisotopic (exact) mass is 477 g/mol. The number of benzene rings is 2. The molecule has 0 bridgehead atoms. The van der Waals surface area contributed by atoms with Crippen molar-refractivity contribution in [2.45, 2.75) is 32.9 Å². The fourth-order valence-corrected chi connectivity index (χ4v) is 4.88. The van der Waals surface area contributed by atoms with Gasteiger partial charge >= 0.3 is 6.01 Å². The maximum Gasteiger partial charge on any atom is 0.316 e. The highest BCUT2D eigenvalue weighted by Crippen LogP contribution is 2.32. The van der Waals surface area contributed by atoms with E-state index >= 15 is 0 Å². The molecule has 0 spiro atoms. The summed E-state index contributed by atoms with van der Waals surface area (Å²) in [6.45, 7) is 7.76. The highest BCUT2D eigenvalue weighted by atomic mass is 19.1. The van der Waals surface area contributed by atoms with Gasteiger partial charge in [-0.05, 0) is 38.5 Å². The number of rotatable bonds is 4. The third-order valence-corrected chi connectivity index (χ3v) is 6.41. The van der Waals surface area contributed by atoms with Crippen molar-refractivity contribution in [3.63, 3.8) is 0 Å². The Bertz CT molecular complexity index is 1440. The van der Waals surface area contributed by atoms with Crippen LogP contribution < -0.4 is 20.3 Å². The van der Waals surface area contributed by atoms with Crippen LogP contribution in [0, 0.1) is 12.7 Å². The van der Waals surface area contributed by atoms with Gasteiger partial charge in [-0.15, -0.1) is 0 Å². The van der Waals surface area contributed by atoms with Crippen LogP contribution in [-0.2, 0) is 7.05 Å². The molecule has 35 heavy (non-hydrogen) atoms. The zero-order valence-corrected chi connectivity index (χ0v) is 20.4. The highest BCUT2D eigenvalue weighted by molar-refractivity contribution is 6.14. The van der Waals surface area contributed by atoms with E-state index in [9.17, 15) is 9.18 Å². The van der Waals surface area contributed by atoms with Gasteiger partial charge in [0.25, 0.3) is 5.91 Å². The van der Waals surface area contributed by atoms with Crippen LogP contribution in [-0.4, -0.2) is 57.9 Å². The number of carbonyl (C=O) groups is 1. The third-order valence-electron chi connectivity index (χ3n) is 6.41. The van der Waals surface area contributed by atoms with Crippen molar-refractivity contribution in [2.24, 2.45) is 7.05 Å². The number of methoxy groups -OCH3 is 1.